The minimum Gasteiger partial charge on any atom is -0.478 e. The van der Waals surface area contributed by atoms with Crippen LogP contribution < -0.4 is 5.32 Å². The second-order valence-corrected chi connectivity index (χ2v) is 9.95. The fraction of sp³-hybridized carbons (Fsp3) is 0.300. The topological polar surface area (TPSA) is 93.5 Å². The number of fused-ring (bicyclic) bond motifs is 1. The number of methoxy groups -OCH3 is 1. The van der Waals surface area contributed by atoms with Crippen molar-refractivity contribution in [3.63, 3.8) is 0 Å². The lowest BCUT2D eigenvalue weighted by atomic mass is 9.83. The zero-order valence-corrected chi connectivity index (χ0v) is 21.7. The van der Waals surface area contributed by atoms with E-state index in [2.05, 4.69) is 10.3 Å². The Morgan fingerprint density at radius 2 is 1.68 bits per heavy atom. The number of hydrogen-bond donors (Lipinski definition) is 2. The van der Waals surface area contributed by atoms with E-state index in [-0.39, 0.29) is 34.0 Å². The predicted molar refractivity (Wildman–Crippen MR) is 143 cm³/mol. The van der Waals surface area contributed by atoms with Crippen LogP contribution in [0.5, 0.6) is 0 Å². The number of imidazole rings is 1. The number of carboxylic acid groups (broad SMARTS) is 1. The minimum absolute atomic E-state index is 0.150. The number of carboxylic acids is 1. The summed E-state index contributed by atoms with van der Waals surface area (Å²) in [5.41, 5.74) is 0.633. The number of anilines is 1. The number of nitrogens with one attached hydrogen (secondary N) is 1. The highest BCUT2D eigenvalue weighted by atomic mass is 19.2. The zero-order valence-electron chi connectivity index (χ0n) is 21.7. The highest BCUT2D eigenvalue weighted by Gasteiger charge is 2.37. The molecule has 0 saturated heterocycles. The van der Waals surface area contributed by atoms with Crippen molar-refractivity contribution in [1.29, 1.82) is 0 Å². The molecule has 1 heterocycles. The summed E-state index contributed by atoms with van der Waals surface area (Å²) in [4.78, 5) is 29.9. The lowest BCUT2D eigenvalue weighted by Crippen LogP contribution is -2.35. The van der Waals surface area contributed by atoms with Gasteiger partial charge in [0.1, 0.15) is 23.8 Å². The fourth-order valence-electron chi connectivity index (χ4n) is 5.55. The second-order valence-electron chi connectivity index (χ2n) is 9.95. The molecule has 1 aromatic heterocycles. The van der Waals surface area contributed by atoms with Crippen LogP contribution in [0.1, 0.15) is 66.0 Å². The number of rotatable bonds is 8. The molecule has 10 heteroatoms. The maximum absolute atomic E-state index is 14.8. The average molecular weight is 552 g/mol. The van der Waals surface area contributed by atoms with Gasteiger partial charge in [0, 0.05) is 19.2 Å². The fourth-order valence-corrected chi connectivity index (χ4v) is 5.55. The van der Waals surface area contributed by atoms with E-state index < -0.39 is 41.5 Å². The van der Waals surface area contributed by atoms with Gasteiger partial charge in [-0.3, -0.25) is 4.79 Å². The molecule has 5 rings (SSSR count). The number of hydrogen-bond acceptors (Lipinski definition) is 4. The van der Waals surface area contributed by atoms with E-state index in [1.54, 1.807) is 4.57 Å². The van der Waals surface area contributed by atoms with Gasteiger partial charge in [0.25, 0.3) is 0 Å². The van der Waals surface area contributed by atoms with Gasteiger partial charge in [-0.1, -0.05) is 49.6 Å². The van der Waals surface area contributed by atoms with Crippen molar-refractivity contribution in [3.05, 3.63) is 95.1 Å². The molecule has 1 fully saturated rings. The standard InChI is InChI=1S/C30H28F3N3O4/c1-40-27(18-10-6-3-7-11-18)28-34-24-15-20(31)21(32)16-25(24)36(28)26(17-8-4-2-5-9-17)29(37)35-23-13-12-19(30(38)39)14-22(23)33/h3,6-7,10-17,26-27H,2,4-5,8-9H2,1H3,(H,35,37)(H,38,39)/t26?,27-/m0/s1. The highest BCUT2D eigenvalue weighted by Crippen LogP contribution is 2.40. The van der Waals surface area contributed by atoms with Crippen LogP contribution in [0.15, 0.2) is 60.7 Å². The van der Waals surface area contributed by atoms with E-state index in [4.69, 9.17) is 4.74 Å². The Labute approximate surface area is 228 Å². The Morgan fingerprint density at radius 1 is 0.975 bits per heavy atom. The number of carbonyl (C=O) groups excluding carboxylic acids is 1. The maximum Gasteiger partial charge on any atom is 0.335 e. The van der Waals surface area contributed by atoms with Crippen LogP contribution in [0.3, 0.4) is 0 Å². The Bertz CT molecular complexity index is 1550. The number of aromatic carboxylic acids is 1. The molecular formula is C30H28F3N3O4. The van der Waals surface area contributed by atoms with Crippen molar-refractivity contribution in [2.45, 2.75) is 44.2 Å². The number of carbonyl (C=O) groups is 2. The van der Waals surface area contributed by atoms with Crippen LogP contribution in [-0.2, 0) is 9.53 Å². The van der Waals surface area contributed by atoms with E-state index >= 15 is 0 Å². The molecule has 1 unspecified atom stereocenters. The first kappa shape index (κ1) is 27.4. The molecule has 0 radical (unpaired) electrons. The summed E-state index contributed by atoms with van der Waals surface area (Å²) >= 11 is 0. The molecule has 40 heavy (non-hydrogen) atoms. The van der Waals surface area contributed by atoms with Gasteiger partial charge in [0.15, 0.2) is 11.6 Å². The summed E-state index contributed by atoms with van der Waals surface area (Å²) in [6.45, 7) is 0. The monoisotopic (exact) mass is 551 g/mol. The number of aromatic nitrogens is 2. The highest BCUT2D eigenvalue weighted by molar-refractivity contribution is 5.96. The molecule has 0 aliphatic heterocycles. The molecule has 1 aliphatic carbocycles. The van der Waals surface area contributed by atoms with Crippen LogP contribution in [0.25, 0.3) is 11.0 Å². The van der Waals surface area contributed by atoms with Crippen molar-refractivity contribution in [1.82, 2.24) is 9.55 Å². The molecule has 208 valence electrons. The van der Waals surface area contributed by atoms with E-state index in [9.17, 15) is 27.9 Å². The number of benzene rings is 3. The number of nitrogens with zero attached hydrogens (tertiary/aromatic N) is 2. The molecule has 0 bridgehead atoms. The summed E-state index contributed by atoms with van der Waals surface area (Å²) in [6.07, 6.45) is 3.33. The van der Waals surface area contributed by atoms with Gasteiger partial charge < -0.3 is 19.7 Å². The molecule has 4 aromatic rings. The third-order valence-electron chi connectivity index (χ3n) is 7.45. The van der Waals surface area contributed by atoms with Gasteiger partial charge >= 0.3 is 5.97 Å². The third kappa shape index (κ3) is 5.31. The van der Waals surface area contributed by atoms with Crippen molar-refractivity contribution in [2.24, 2.45) is 5.92 Å². The van der Waals surface area contributed by atoms with Gasteiger partial charge in [0.05, 0.1) is 22.3 Å². The number of amides is 1. The third-order valence-corrected chi connectivity index (χ3v) is 7.45. The SMILES string of the molecule is CO[C@@H](c1ccccc1)c1nc2cc(F)c(F)cc2n1C(C(=O)Nc1ccc(C(=O)O)cc1F)C1CCCCC1. The average Bonchev–Trinajstić information content (AvgIpc) is 3.28. The maximum atomic E-state index is 14.8. The Balaban J connectivity index is 1.68. The zero-order chi connectivity index (χ0) is 28.4. The Hall–Kier alpha value is -4.18. The first-order chi connectivity index (χ1) is 19.3. The largest absolute Gasteiger partial charge is 0.478 e. The van der Waals surface area contributed by atoms with E-state index in [1.165, 1.54) is 19.2 Å². The molecule has 2 atom stereocenters. The summed E-state index contributed by atoms with van der Waals surface area (Å²) in [7, 11) is 1.48. The van der Waals surface area contributed by atoms with Crippen molar-refractivity contribution in [3.8, 4) is 0 Å². The first-order valence-corrected chi connectivity index (χ1v) is 13.1. The summed E-state index contributed by atoms with van der Waals surface area (Å²) < 4.78 is 51.2. The molecule has 7 nitrogen and oxygen atoms in total. The number of halogens is 3. The predicted octanol–water partition coefficient (Wildman–Crippen LogP) is 6.65. The molecule has 0 spiro atoms. The second kappa shape index (κ2) is 11.5. The van der Waals surface area contributed by atoms with Crippen molar-refractivity contribution < 1.29 is 32.6 Å². The van der Waals surface area contributed by atoms with Gasteiger partial charge in [-0.2, -0.15) is 0 Å². The quantitative estimate of drug-likeness (QED) is 0.256. The van der Waals surface area contributed by atoms with E-state index in [1.807, 2.05) is 30.3 Å². The molecule has 1 amide bonds. The summed E-state index contributed by atoms with van der Waals surface area (Å²) in [6, 6.07) is 13.4. The summed E-state index contributed by atoms with van der Waals surface area (Å²) in [5, 5.41) is 11.8. The molecule has 1 saturated carbocycles. The van der Waals surface area contributed by atoms with Crippen molar-refractivity contribution >= 4 is 28.6 Å². The lowest BCUT2D eigenvalue weighted by Gasteiger charge is -2.33. The molecule has 3 aromatic carbocycles. The van der Waals surface area contributed by atoms with Crippen LogP contribution in [0, 0.1) is 23.4 Å². The van der Waals surface area contributed by atoms with Crippen LogP contribution in [0.4, 0.5) is 18.9 Å². The van der Waals surface area contributed by atoms with Crippen LogP contribution in [-0.4, -0.2) is 33.6 Å². The normalized spacial score (nSPS) is 15.6. The Kier molecular flexibility index (Phi) is 7.88. The Morgan fingerprint density at radius 3 is 2.33 bits per heavy atom. The minimum atomic E-state index is -1.30. The van der Waals surface area contributed by atoms with Crippen molar-refractivity contribution in [2.75, 3.05) is 12.4 Å². The van der Waals surface area contributed by atoms with Gasteiger partial charge in [0.2, 0.25) is 5.91 Å². The van der Waals surface area contributed by atoms with E-state index in [0.29, 0.717) is 12.8 Å². The smallest absolute Gasteiger partial charge is 0.335 e. The van der Waals surface area contributed by atoms with Gasteiger partial charge in [-0.05, 0) is 42.5 Å². The molecular weight excluding hydrogens is 523 g/mol. The number of ether oxygens (including phenoxy) is 1. The first-order valence-electron chi connectivity index (χ1n) is 13.1. The summed E-state index contributed by atoms with van der Waals surface area (Å²) in [5.74, 6) is -4.88. The molecule has 2 N–H and O–H groups in total. The van der Waals surface area contributed by atoms with Gasteiger partial charge in [-0.15, -0.1) is 0 Å². The van der Waals surface area contributed by atoms with Crippen LogP contribution in [0.2, 0.25) is 0 Å². The molecule has 1 aliphatic rings. The van der Waals surface area contributed by atoms with Gasteiger partial charge in [-0.25, -0.2) is 22.9 Å². The lowest BCUT2D eigenvalue weighted by molar-refractivity contribution is -0.121. The van der Waals surface area contributed by atoms with E-state index in [0.717, 1.165) is 43.0 Å². The van der Waals surface area contributed by atoms with Crippen LogP contribution >= 0.6 is 0 Å².